The van der Waals surface area contributed by atoms with Crippen molar-refractivity contribution < 1.29 is 18.2 Å². The number of aryl methyl sites for hydroxylation is 2. The number of hydrogen-bond acceptors (Lipinski definition) is 6. The minimum Gasteiger partial charge on any atom is -0.361 e. The number of piperidine rings is 1. The Bertz CT molecular complexity index is 949. The molecule has 140 valence electrons. The Balaban J connectivity index is 1.59. The van der Waals surface area contributed by atoms with Crippen LogP contribution in [0.15, 0.2) is 39.4 Å². The fraction of sp³-hybridized carbons (Fsp3) is 0.368. The first-order chi connectivity index (χ1) is 13.0. The van der Waals surface area contributed by atoms with Crippen molar-refractivity contribution in [1.29, 1.82) is 0 Å². The van der Waals surface area contributed by atoms with Gasteiger partial charge in [-0.2, -0.15) is 4.98 Å². The number of amides is 1. The molecule has 8 heteroatoms. The van der Waals surface area contributed by atoms with Crippen molar-refractivity contribution in [3.8, 4) is 11.4 Å². The predicted octanol–water partition coefficient (Wildman–Crippen LogP) is 3.44. The third-order valence-corrected chi connectivity index (χ3v) is 4.82. The van der Waals surface area contributed by atoms with Crippen LogP contribution in [0.1, 0.15) is 40.5 Å². The van der Waals surface area contributed by atoms with Gasteiger partial charge in [-0.1, -0.05) is 40.6 Å². The number of likely N-dealkylation sites (tertiary alicyclic amines) is 1. The zero-order valence-corrected chi connectivity index (χ0v) is 15.1. The van der Waals surface area contributed by atoms with E-state index in [1.807, 2.05) is 30.3 Å². The SMILES string of the molecule is Cc1noc(C)c1C(=O)N1CCCC(F)(c2nc(-c3ccccc3)no2)C1. The van der Waals surface area contributed by atoms with E-state index >= 15 is 4.39 Å². The molecule has 0 radical (unpaired) electrons. The van der Waals surface area contributed by atoms with Crippen LogP contribution in [-0.2, 0) is 5.67 Å². The summed E-state index contributed by atoms with van der Waals surface area (Å²) < 4.78 is 25.9. The molecule has 2 aromatic heterocycles. The van der Waals surface area contributed by atoms with E-state index < -0.39 is 5.67 Å². The summed E-state index contributed by atoms with van der Waals surface area (Å²) in [6, 6.07) is 9.23. The number of aromatic nitrogens is 3. The van der Waals surface area contributed by atoms with Crippen LogP contribution in [0.4, 0.5) is 4.39 Å². The van der Waals surface area contributed by atoms with Gasteiger partial charge < -0.3 is 13.9 Å². The van der Waals surface area contributed by atoms with Crippen LogP contribution in [0, 0.1) is 13.8 Å². The molecule has 3 heterocycles. The van der Waals surface area contributed by atoms with Crippen LogP contribution in [0.5, 0.6) is 0 Å². The van der Waals surface area contributed by atoms with E-state index in [0.717, 1.165) is 5.56 Å². The highest BCUT2D eigenvalue weighted by molar-refractivity contribution is 5.96. The fourth-order valence-electron chi connectivity index (χ4n) is 3.42. The first-order valence-corrected chi connectivity index (χ1v) is 8.78. The maximum absolute atomic E-state index is 15.7. The molecular formula is C19H19FN4O3. The van der Waals surface area contributed by atoms with Gasteiger partial charge >= 0.3 is 0 Å². The average molecular weight is 370 g/mol. The molecule has 1 aromatic carbocycles. The van der Waals surface area contributed by atoms with Gasteiger partial charge in [0.2, 0.25) is 11.5 Å². The average Bonchev–Trinajstić information content (AvgIpc) is 3.30. The summed E-state index contributed by atoms with van der Waals surface area (Å²) in [6.45, 7) is 3.67. The molecule has 0 N–H and O–H groups in total. The zero-order valence-electron chi connectivity index (χ0n) is 15.1. The van der Waals surface area contributed by atoms with E-state index in [1.165, 1.54) is 4.90 Å². The van der Waals surface area contributed by atoms with E-state index in [-0.39, 0.29) is 24.8 Å². The molecule has 27 heavy (non-hydrogen) atoms. The quantitative estimate of drug-likeness (QED) is 0.702. The third-order valence-electron chi connectivity index (χ3n) is 4.82. The number of halogens is 1. The number of carbonyl (C=O) groups excluding carboxylic acids is 1. The van der Waals surface area contributed by atoms with Gasteiger partial charge in [0.05, 0.1) is 12.2 Å². The molecule has 0 aliphatic carbocycles. The summed E-state index contributed by atoms with van der Waals surface area (Å²) in [5.74, 6) is 0.363. The molecule has 7 nitrogen and oxygen atoms in total. The lowest BCUT2D eigenvalue weighted by atomic mass is 9.94. The molecule has 0 spiro atoms. The molecule has 4 rings (SSSR count). The number of hydrogen-bond donors (Lipinski definition) is 0. The monoisotopic (exact) mass is 370 g/mol. The summed E-state index contributed by atoms with van der Waals surface area (Å²) in [7, 11) is 0. The Labute approximate surface area is 155 Å². The lowest BCUT2D eigenvalue weighted by Gasteiger charge is -2.35. The molecule has 1 fully saturated rings. The van der Waals surface area contributed by atoms with Gasteiger partial charge in [0.25, 0.3) is 11.8 Å². The van der Waals surface area contributed by atoms with Gasteiger partial charge in [0, 0.05) is 12.1 Å². The van der Waals surface area contributed by atoms with Crippen molar-refractivity contribution in [3.63, 3.8) is 0 Å². The second kappa shape index (κ2) is 6.61. The Morgan fingerprint density at radius 2 is 1.96 bits per heavy atom. The van der Waals surface area contributed by atoms with Crippen LogP contribution in [0.3, 0.4) is 0 Å². The predicted molar refractivity (Wildman–Crippen MR) is 93.6 cm³/mol. The van der Waals surface area contributed by atoms with E-state index in [9.17, 15) is 4.79 Å². The van der Waals surface area contributed by atoms with Crippen LogP contribution in [0.25, 0.3) is 11.4 Å². The minimum absolute atomic E-state index is 0.0994. The van der Waals surface area contributed by atoms with Gasteiger partial charge in [-0.3, -0.25) is 4.79 Å². The summed E-state index contributed by atoms with van der Waals surface area (Å²) in [4.78, 5) is 18.5. The Kier molecular flexibility index (Phi) is 4.25. The van der Waals surface area contributed by atoms with Crippen molar-refractivity contribution in [2.45, 2.75) is 32.4 Å². The van der Waals surface area contributed by atoms with E-state index in [1.54, 1.807) is 13.8 Å². The molecular weight excluding hydrogens is 351 g/mol. The second-order valence-electron chi connectivity index (χ2n) is 6.78. The number of benzene rings is 1. The molecule has 1 saturated heterocycles. The molecule has 3 aromatic rings. The molecule has 1 aliphatic rings. The van der Waals surface area contributed by atoms with Crippen molar-refractivity contribution in [2.75, 3.05) is 13.1 Å². The lowest BCUT2D eigenvalue weighted by Crippen LogP contribution is -2.46. The largest absolute Gasteiger partial charge is 0.361 e. The molecule has 1 atom stereocenters. The highest BCUT2D eigenvalue weighted by Crippen LogP contribution is 2.36. The van der Waals surface area contributed by atoms with E-state index in [0.29, 0.717) is 35.8 Å². The summed E-state index contributed by atoms with van der Waals surface area (Å²) in [5.41, 5.74) is -0.255. The fourth-order valence-corrected chi connectivity index (χ4v) is 3.42. The standard InChI is InChI=1S/C19H19FN4O3/c1-12-15(13(2)26-22-12)17(25)24-10-6-9-19(20,11-24)18-21-16(23-27-18)14-7-4-3-5-8-14/h3-5,7-8H,6,9-11H2,1-2H3. The van der Waals surface area contributed by atoms with Gasteiger partial charge in [-0.25, -0.2) is 4.39 Å². The van der Waals surface area contributed by atoms with Crippen LogP contribution >= 0.6 is 0 Å². The molecule has 0 bridgehead atoms. The van der Waals surface area contributed by atoms with Gasteiger partial charge in [0.1, 0.15) is 11.3 Å². The smallest absolute Gasteiger partial charge is 0.266 e. The van der Waals surface area contributed by atoms with Crippen molar-refractivity contribution in [1.82, 2.24) is 20.2 Å². The first-order valence-electron chi connectivity index (χ1n) is 8.78. The van der Waals surface area contributed by atoms with Gasteiger partial charge in [0.15, 0.2) is 0 Å². The van der Waals surface area contributed by atoms with Crippen molar-refractivity contribution >= 4 is 5.91 Å². The van der Waals surface area contributed by atoms with Gasteiger partial charge in [-0.05, 0) is 26.7 Å². The van der Waals surface area contributed by atoms with Crippen LogP contribution in [-0.4, -0.2) is 39.2 Å². The maximum atomic E-state index is 15.7. The summed E-state index contributed by atoms with van der Waals surface area (Å²) in [5, 5.41) is 7.71. The normalized spacial score (nSPS) is 20.0. The Morgan fingerprint density at radius 1 is 1.19 bits per heavy atom. The van der Waals surface area contributed by atoms with Crippen LogP contribution in [0.2, 0.25) is 0 Å². The summed E-state index contributed by atoms with van der Waals surface area (Å²) >= 11 is 0. The molecule has 1 amide bonds. The zero-order chi connectivity index (χ0) is 19.0. The molecule has 1 aliphatic heterocycles. The topological polar surface area (TPSA) is 85.3 Å². The molecule has 0 saturated carbocycles. The summed E-state index contributed by atoms with van der Waals surface area (Å²) in [6.07, 6.45) is 0.712. The third kappa shape index (κ3) is 3.11. The number of rotatable bonds is 3. The first kappa shape index (κ1) is 17.4. The van der Waals surface area contributed by atoms with Gasteiger partial charge in [-0.15, -0.1) is 0 Å². The van der Waals surface area contributed by atoms with E-state index in [2.05, 4.69) is 15.3 Å². The Hall–Kier alpha value is -3.03. The minimum atomic E-state index is -1.88. The highest BCUT2D eigenvalue weighted by atomic mass is 19.1. The second-order valence-corrected chi connectivity index (χ2v) is 6.78. The highest BCUT2D eigenvalue weighted by Gasteiger charge is 2.44. The van der Waals surface area contributed by atoms with Crippen molar-refractivity contribution in [2.24, 2.45) is 0 Å². The van der Waals surface area contributed by atoms with Crippen molar-refractivity contribution in [3.05, 3.63) is 53.2 Å². The number of carbonyl (C=O) groups is 1. The van der Waals surface area contributed by atoms with E-state index in [4.69, 9.17) is 9.05 Å². The van der Waals surface area contributed by atoms with Crippen LogP contribution < -0.4 is 0 Å². The molecule has 1 unspecified atom stereocenters. The lowest BCUT2D eigenvalue weighted by molar-refractivity contribution is 0.0151. The number of alkyl halides is 1. The maximum Gasteiger partial charge on any atom is 0.266 e. The number of nitrogens with zero attached hydrogens (tertiary/aromatic N) is 4. The Morgan fingerprint density at radius 3 is 2.67 bits per heavy atom.